The van der Waals surface area contributed by atoms with E-state index in [1.807, 2.05) is 19.1 Å². The fraction of sp³-hybridized carbons (Fsp3) is 0.333. The molecule has 4 nitrogen and oxygen atoms in total. The molecule has 0 fully saturated rings. The highest BCUT2D eigenvalue weighted by atomic mass is 16.1. The number of nitrogens with one attached hydrogen (secondary N) is 2. The molecule has 0 aliphatic heterocycles. The lowest BCUT2D eigenvalue weighted by Crippen LogP contribution is -2.25. The molecular weight excluding hydrogens is 166 g/mol. The molecule has 1 aromatic heterocycles. The first kappa shape index (κ1) is 9.67. The number of hydrogen-bond acceptors (Lipinski definition) is 3. The average Bonchev–Trinajstić information content (AvgIpc) is 2.09. The number of carbonyl (C=O) groups excluding carboxylic acids is 1. The molecule has 70 valence electrons. The van der Waals surface area contributed by atoms with E-state index in [1.54, 1.807) is 13.2 Å². The van der Waals surface area contributed by atoms with Crippen molar-refractivity contribution < 1.29 is 4.79 Å². The summed E-state index contributed by atoms with van der Waals surface area (Å²) >= 11 is 0. The summed E-state index contributed by atoms with van der Waals surface area (Å²) in [7, 11) is 1.73. The molecule has 2 N–H and O–H groups in total. The first-order valence-corrected chi connectivity index (χ1v) is 4.09. The molecule has 1 rings (SSSR count). The van der Waals surface area contributed by atoms with Crippen molar-refractivity contribution in [3.8, 4) is 0 Å². The maximum atomic E-state index is 11.1. The zero-order valence-corrected chi connectivity index (χ0v) is 7.79. The van der Waals surface area contributed by atoms with Crippen molar-refractivity contribution in [2.75, 3.05) is 18.9 Å². The molecule has 0 aromatic carbocycles. The van der Waals surface area contributed by atoms with E-state index in [-0.39, 0.29) is 5.91 Å². The Morgan fingerprint density at radius 1 is 1.54 bits per heavy atom. The Bertz CT molecular complexity index is 281. The minimum atomic E-state index is -0.0619. The quantitative estimate of drug-likeness (QED) is 0.712. The van der Waals surface area contributed by atoms with Crippen LogP contribution in [0.15, 0.2) is 18.3 Å². The van der Waals surface area contributed by atoms with Crippen LogP contribution in [-0.4, -0.2) is 24.5 Å². The molecule has 1 heterocycles. The fourth-order valence-corrected chi connectivity index (χ4v) is 0.907. The third-order valence-corrected chi connectivity index (χ3v) is 1.53. The number of nitrogens with zero attached hydrogens (tertiary/aromatic N) is 1. The topological polar surface area (TPSA) is 54.0 Å². The second-order valence-electron chi connectivity index (χ2n) is 2.77. The van der Waals surface area contributed by atoms with Gasteiger partial charge in [0.15, 0.2) is 0 Å². The van der Waals surface area contributed by atoms with E-state index in [9.17, 15) is 4.79 Å². The van der Waals surface area contributed by atoms with Gasteiger partial charge in [0.1, 0.15) is 0 Å². The Morgan fingerprint density at radius 3 is 2.85 bits per heavy atom. The number of likely N-dealkylation sites (N-methyl/N-ethyl adjacent to an activating group) is 1. The van der Waals surface area contributed by atoms with Crippen molar-refractivity contribution in [3.05, 3.63) is 24.0 Å². The van der Waals surface area contributed by atoms with Crippen molar-refractivity contribution in [1.29, 1.82) is 0 Å². The first-order valence-electron chi connectivity index (χ1n) is 4.09. The second-order valence-corrected chi connectivity index (χ2v) is 2.77. The molecule has 0 radical (unpaired) electrons. The van der Waals surface area contributed by atoms with Gasteiger partial charge in [0.05, 0.1) is 18.4 Å². The molecular formula is C9H13N3O. The van der Waals surface area contributed by atoms with E-state index in [2.05, 4.69) is 15.6 Å². The smallest absolute Gasteiger partial charge is 0.238 e. The highest BCUT2D eigenvalue weighted by molar-refractivity contribution is 5.91. The Balaban J connectivity index is 2.54. The van der Waals surface area contributed by atoms with E-state index < -0.39 is 0 Å². The van der Waals surface area contributed by atoms with Crippen molar-refractivity contribution in [2.45, 2.75) is 6.92 Å². The number of rotatable bonds is 3. The predicted molar refractivity (Wildman–Crippen MR) is 51.5 cm³/mol. The van der Waals surface area contributed by atoms with Crippen molar-refractivity contribution in [3.63, 3.8) is 0 Å². The monoisotopic (exact) mass is 179 g/mol. The van der Waals surface area contributed by atoms with E-state index in [0.29, 0.717) is 6.54 Å². The van der Waals surface area contributed by atoms with Crippen LogP contribution >= 0.6 is 0 Å². The summed E-state index contributed by atoms with van der Waals surface area (Å²) in [5, 5.41) is 5.47. The summed E-state index contributed by atoms with van der Waals surface area (Å²) < 4.78 is 0. The van der Waals surface area contributed by atoms with Crippen LogP contribution in [0.3, 0.4) is 0 Å². The summed E-state index contributed by atoms with van der Waals surface area (Å²) in [4.78, 5) is 15.2. The summed E-state index contributed by atoms with van der Waals surface area (Å²) in [6, 6.07) is 3.69. The Morgan fingerprint density at radius 2 is 2.31 bits per heavy atom. The van der Waals surface area contributed by atoms with E-state index in [1.165, 1.54) is 0 Å². The summed E-state index contributed by atoms with van der Waals surface area (Å²) in [5.74, 6) is -0.0619. The van der Waals surface area contributed by atoms with Gasteiger partial charge in [0.25, 0.3) is 0 Å². The maximum absolute atomic E-state index is 11.1. The molecule has 4 heteroatoms. The van der Waals surface area contributed by atoms with Gasteiger partial charge in [-0.1, -0.05) is 0 Å². The van der Waals surface area contributed by atoms with Crippen LogP contribution in [0.1, 0.15) is 5.69 Å². The largest absolute Gasteiger partial charge is 0.324 e. The maximum Gasteiger partial charge on any atom is 0.238 e. The number of aromatic nitrogens is 1. The van der Waals surface area contributed by atoms with Gasteiger partial charge in [0.2, 0.25) is 5.91 Å². The third kappa shape index (κ3) is 3.21. The normalized spacial score (nSPS) is 9.69. The average molecular weight is 179 g/mol. The van der Waals surface area contributed by atoms with Crippen molar-refractivity contribution in [2.24, 2.45) is 0 Å². The zero-order valence-electron chi connectivity index (χ0n) is 7.79. The lowest BCUT2D eigenvalue weighted by Gasteiger charge is -2.03. The van der Waals surface area contributed by atoms with Gasteiger partial charge in [-0.05, 0) is 26.1 Å². The molecule has 0 aliphatic rings. The summed E-state index contributed by atoms with van der Waals surface area (Å²) in [6.45, 7) is 2.22. The van der Waals surface area contributed by atoms with Crippen LogP contribution in [0.4, 0.5) is 5.69 Å². The SMILES string of the molecule is CNCC(=O)Nc1ccc(C)nc1. The fourth-order valence-electron chi connectivity index (χ4n) is 0.907. The Labute approximate surface area is 77.4 Å². The molecule has 0 atom stereocenters. The molecule has 0 spiro atoms. The standard InChI is InChI=1S/C9H13N3O/c1-7-3-4-8(5-11-7)12-9(13)6-10-2/h3-5,10H,6H2,1-2H3,(H,12,13). The first-order chi connectivity index (χ1) is 6.22. The molecule has 0 saturated heterocycles. The number of anilines is 1. The van der Waals surface area contributed by atoms with Crippen LogP contribution in [0.5, 0.6) is 0 Å². The number of pyridine rings is 1. The second kappa shape index (κ2) is 4.57. The zero-order chi connectivity index (χ0) is 9.68. The van der Waals surface area contributed by atoms with Gasteiger partial charge >= 0.3 is 0 Å². The van der Waals surface area contributed by atoms with Crippen LogP contribution in [0, 0.1) is 6.92 Å². The van der Waals surface area contributed by atoms with Gasteiger partial charge in [-0.2, -0.15) is 0 Å². The summed E-state index contributed by atoms with van der Waals surface area (Å²) in [5.41, 5.74) is 1.66. The Kier molecular flexibility index (Phi) is 3.40. The van der Waals surface area contributed by atoms with Gasteiger partial charge < -0.3 is 10.6 Å². The predicted octanol–water partition coefficient (Wildman–Crippen LogP) is 0.548. The molecule has 0 bridgehead atoms. The van der Waals surface area contributed by atoms with Gasteiger partial charge in [-0.25, -0.2) is 0 Å². The lowest BCUT2D eigenvalue weighted by molar-refractivity contribution is -0.115. The highest BCUT2D eigenvalue weighted by Crippen LogP contribution is 2.04. The molecule has 0 aliphatic carbocycles. The summed E-state index contributed by atoms with van der Waals surface area (Å²) in [6.07, 6.45) is 1.64. The third-order valence-electron chi connectivity index (χ3n) is 1.53. The van der Waals surface area contributed by atoms with Gasteiger partial charge in [-0.3, -0.25) is 9.78 Å². The minimum Gasteiger partial charge on any atom is -0.324 e. The van der Waals surface area contributed by atoms with E-state index >= 15 is 0 Å². The van der Waals surface area contributed by atoms with Crippen molar-refractivity contribution in [1.82, 2.24) is 10.3 Å². The molecule has 0 unspecified atom stereocenters. The lowest BCUT2D eigenvalue weighted by atomic mass is 10.3. The van der Waals surface area contributed by atoms with E-state index in [4.69, 9.17) is 0 Å². The number of aryl methyl sites for hydroxylation is 1. The molecule has 1 amide bonds. The van der Waals surface area contributed by atoms with Gasteiger partial charge in [-0.15, -0.1) is 0 Å². The van der Waals surface area contributed by atoms with Crippen molar-refractivity contribution >= 4 is 11.6 Å². The Hall–Kier alpha value is -1.42. The minimum absolute atomic E-state index is 0.0619. The van der Waals surface area contributed by atoms with E-state index in [0.717, 1.165) is 11.4 Å². The molecule has 13 heavy (non-hydrogen) atoms. The molecule has 0 saturated carbocycles. The van der Waals surface area contributed by atoms with Crippen LogP contribution in [0.25, 0.3) is 0 Å². The number of amides is 1. The van der Waals surface area contributed by atoms with Crippen LogP contribution in [-0.2, 0) is 4.79 Å². The van der Waals surface area contributed by atoms with Crippen LogP contribution in [0.2, 0.25) is 0 Å². The van der Waals surface area contributed by atoms with Crippen LogP contribution < -0.4 is 10.6 Å². The van der Waals surface area contributed by atoms with Gasteiger partial charge in [0, 0.05) is 5.69 Å². The number of hydrogen-bond donors (Lipinski definition) is 2. The highest BCUT2D eigenvalue weighted by Gasteiger charge is 1.99. The number of carbonyl (C=O) groups is 1. The molecule has 1 aromatic rings.